The molecule has 3 N–H and O–H groups in total. The summed E-state index contributed by atoms with van der Waals surface area (Å²) in [5.74, 6) is -0.472. The summed E-state index contributed by atoms with van der Waals surface area (Å²) in [6.07, 6.45) is 3.80. The monoisotopic (exact) mass is 284 g/mol. The third kappa shape index (κ3) is 2.90. The Kier molecular flexibility index (Phi) is 4.52. The number of hydrogen-bond acceptors (Lipinski definition) is 3. The average molecular weight is 284 g/mol. The molecule has 0 aromatic rings. The number of carboxylic acid groups (broad SMARTS) is 1. The van der Waals surface area contributed by atoms with Crippen LogP contribution in [-0.4, -0.2) is 52.9 Å². The number of nitrogens with zero attached hydrogens (tertiary/aromatic N) is 1. The molecular weight excluding hydrogens is 260 g/mol. The van der Waals surface area contributed by atoms with Gasteiger partial charge in [0.2, 0.25) is 0 Å². The lowest BCUT2D eigenvalue weighted by Gasteiger charge is -2.29. The number of nitrogens with one attached hydrogen (secondary N) is 1. The fraction of sp³-hybridized carbons (Fsp3) is 0.857. The maximum Gasteiger partial charge on any atom is 0.317 e. The molecule has 3 atom stereocenters. The maximum absolute atomic E-state index is 12.2. The number of aliphatic hydroxyl groups excluding tert-OH is 1. The molecule has 1 aliphatic carbocycles. The Balaban J connectivity index is 1.90. The SMILES string of the molecule is CC1(C(=O)O)CCCC1NC(=O)N1CCC(CCO)C1. The van der Waals surface area contributed by atoms with E-state index in [9.17, 15) is 14.7 Å². The smallest absolute Gasteiger partial charge is 0.317 e. The van der Waals surface area contributed by atoms with Gasteiger partial charge in [0.1, 0.15) is 0 Å². The second kappa shape index (κ2) is 5.99. The fourth-order valence-corrected chi connectivity index (χ4v) is 3.33. The van der Waals surface area contributed by atoms with E-state index in [1.165, 1.54) is 0 Å². The normalized spacial score (nSPS) is 33.4. The van der Waals surface area contributed by atoms with Gasteiger partial charge in [-0.1, -0.05) is 6.42 Å². The van der Waals surface area contributed by atoms with Gasteiger partial charge in [0.25, 0.3) is 0 Å². The molecule has 1 saturated heterocycles. The van der Waals surface area contributed by atoms with Crippen molar-refractivity contribution in [3.8, 4) is 0 Å². The molecule has 0 spiro atoms. The van der Waals surface area contributed by atoms with Crippen LogP contribution in [0, 0.1) is 11.3 Å². The van der Waals surface area contributed by atoms with E-state index in [0.29, 0.717) is 25.4 Å². The molecule has 6 nitrogen and oxygen atoms in total. The molecule has 0 aromatic carbocycles. The lowest BCUT2D eigenvalue weighted by Crippen LogP contribution is -2.51. The summed E-state index contributed by atoms with van der Waals surface area (Å²) in [5.41, 5.74) is -0.847. The van der Waals surface area contributed by atoms with Gasteiger partial charge in [-0.3, -0.25) is 4.79 Å². The van der Waals surface area contributed by atoms with Gasteiger partial charge in [0.15, 0.2) is 0 Å². The number of aliphatic carboxylic acids is 1. The number of aliphatic hydroxyl groups is 1. The minimum Gasteiger partial charge on any atom is -0.481 e. The highest BCUT2D eigenvalue weighted by atomic mass is 16.4. The first-order valence-electron chi connectivity index (χ1n) is 7.37. The van der Waals surface area contributed by atoms with Crippen LogP contribution in [0.3, 0.4) is 0 Å². The number of urea groups is 1. The average Bonchev–Trinajstić information content (AvgIpc) is 2.99. The summed E-state index contributed by atoms with van der Waals surface area (Å²) in [4.78, 5) is 25.3. The van der Waals surface area contributed by atoms with Crippen LogP contribution >= 0.6 is 0 Å². The molecule has 6 heteroatoms. The zero-order valence-corrected chi connectivity index (χ0v) is 12.0. The van der Waals surface area contributed by atoms with Crippen molar-refractivity contribution in [1.29, 1.82) is 0 Å². The Morgan fingerprint density at radius 3 is 2.80 bits per heavy atom. The second-order valence-corrected chi connectivity index (χ2v) is 6.23. The van der Waals surface area contributed by atoms with E-state index in [1.54, 1.807) is 11.8 Å². The predicted molar refractivity (Wildman–Crippen MR) is 73.3 cm³/mol. The highest BCUT2D eigenvalue weighted by Gasteiger charge is 2.46. The van der Waals surface area contributed by atoms with Crippen molar-refractivity contribution in [3.63, 3.8) is 0 Å². The van der Waals surface area contributed by atoms with Crippen molar-refractivity contribution in [3.05, 3.63) is 0 Å². The molecule has 2 rings (SSSR count). The number of hydrogen-bond donors (Lipinski definition) is 3. The van der Waals surface area contributed by atoms with Gasteiger partial charge in [-0.2, -0.15) is 0 Å². The molecule has 2 amide bonds. The van der Waals surface area contributed by atoms with Crippen LogP contribution in [0.1, 0.15) is 39.0 Å². The summed E-state index contributed by atoms with van der Waals surface area (Å²) >= 11 is 0. The largest absolute Gasteiger partial charge is 0.481 e. The first kappa shape index (κ1) is 15.1. The summed E-state index contributed by atoms with van der Waals surface area (Å²) in [5, 5.41) is 21.2. The first-order valence-corrected chi connectivity index (χ1v) is 7.37. The summed E-state index contributed by atoms with van der Waals surface area (Å²) < 4.78 is 0. The molecule has 20 heavy (non-hydrogen) atoms. The molecule has 0 aromatic heterocycles. The van der Waals surface area contributed by atoms with Gasteiger partial charge in [0.05, 0.1) is 5.41 Å². The summed E-state index contributed by atoms with van der Waals surface area (Å²) in [6, 6.07) is -0.450. The molecule has 1 heterocycles. The Bertz CT molecular complexity index is 387. The number of carbonyl (C=O) groups is 2. The second-order valence-electron chi connectivity index (χ2n) is 6.23. The Morgan fingerprint density at radius 1 is 1.40 bits per heavy atom. The van der Waals surface area contributed by atoms with E-state index in [4.69, 9.17) is 5.11 Å². The van der Waals surface area contributed by atoms with E-state index in [1.807, 2.05) is 0 Å². The zero-order valence-electron chi connectivity index (χ0n) is 12.0. The number of rotatable bonds is 4. The van der Waals surface area contributed by atoms with Crippen LogP contribution in [0.15, 0.2) is 0 Å². The van der Waals surface area contributed by atoms with Gasteiger partial charge < -0.3 is 20.4 Å². The molecule has 3 unspecified atom stereocenters. The highest BCUT2D eigenvalue weighted by Crippen LogP contribution is 2.38. The molecule has 0 radical (unpaired) electrons. The van der Waals surface area contributed by atoms with Gasteiger partial charge in [-0.15, -0.1) is 0 Å². The van der Waals surface area contributed by atoms with Gasteiger partial charge >= 0.3 is 12.0 Å². The van der Waals surface area contributed by atoms with Crippen LogP contribution in [0.4, 0.5) is 4.79 Å². The Morgan fingerprint density at radius 2 is 2.15 bits per heavy atom. The van der Waals surface area contributed by atoms with E-state index in [2.05, 4.69) is 5.32 Å². The third-order valence-electron chi connectivity index (χ3n) is 4.85. The zero-order chi connectivity index (χ0) is 14.8. The molecule has 114 valence electrons. The number of carboxylic acids is 1. The highest BCUT2D eigenvalue weighted by molar-refractivity contribution is 5.79. The van der Waals surface area contributed by atoms with Crippen LogP contribution in [0.25, 0.3) is 0 Å². The van der Waals surface area contributed by atoms with Crippen molar-refractivity contribution >= 4 is 12.0 Å². The van der Waals surface area contributed by atoms with Crippen LogP contribution in [-0.2, 0) is 4.79 Å². The Hall–Kier alpha value is -1.30. The summed E-state index contributed by atoms with van der Waals surface area (Å²) in [7, 11) is 0. The van der Waals surface area contributed by atoms with E-state index in [0.717, 1.165) is 25.7 Å². The molecule has 1 aliphatic heterocycles. The van der Waals surface area contributed by atoms with Crippen molar-refractivity contribution in [2.24, 2.45) is 11.3 Å². The molecular formula is C14H24N2O4. The van der Waals surface area contributed by atoms with Crippen LogP contribution in [0.2, 0.25) is 0 Å². The maximum atomic E-state index is 12.2. The number of likely N-dealkylation sites (tertiary alicyclic amines) is 1. The minimum absolute atomic E-state index is 0.153. The van der Waals surface area contributed by atoms with Gasteiger partial charge in [-0.25, -0.2) is 4.79 Å². The first-order chi connectivity index (χ1) is 9.47. The van der Waals surface area contributed by atoms with E-state index < -0.39 is 11.4 Å². The predicted octanol–water partition coefficient (Wildman–Crippen LogP) is 1.04. The lowest BCUT2D eigenvalue weighted by molar-refractivity contribution is -0.148. The quantitative estimate of drug-likeness (QED) is 0.719. The molecule has 2 fully saturated rings. The molecule has 1 saturated carbocycles. The van der Waals surface area contributed by atoms with Gasteiger partial charge in [-0.05, 0) is 38.5 Å². The van der Waals surface area contributed by atoms with Crippen LogP contribution < -0.4 is 5.32 Å². The van der Waals surface area contributed by atoms with Crippen molar-refractivity contribution < 1.29 is 19.8 Å². The number of amides is 2. The molecule has 2 aliphatic rings. The lowest BCUT2D eigenvalue weighted by atomic mass is 9.85. The van der Waals surface area contributed by atoms with Gasteiger partial charge in [0, 0.05) is 25.7 Å². The minimum atomic E-state index is -0.847. The standard InChI is InChI=1S/C14H24N2O4/c1-14(12(18)19)6-2-3-11(14)15-13(20)16-7-4-10(9-16)5-8-17/h10-11,17H,2-9H2,1H3,(H,15,20)(H,18,19). The van der Waals surface area contributed by atoms with Crippen molar-refractivity contribution in [2.45, 2.75) is 45.1 Å². The van der Waals surface area contributed by atoms with Crippen molar-refractivity contribution in [2.75, 3.05) is 19.7 Å². The topological polar surface area (TPSA) is 89.9 Å². The van der Waals surface area contributed by atoms with Crippen molar-refractivity contribution in [1.82, 2.24) is 10.2 Å². The Labute approximate surface area is 119 Å². The van der Waals surface area contributed by atoms with Crippen LogP contribution in [0.5, 0.6) is 0 Å². The van der Waals surface area contributed by atoms with E-state index in [-0.39, 0.29) is 18.7 Å². The third-order valence-corrected chi connectivity index (χ3v) is 4.85. The molecule has 0 bridgehead atoms. The van der Waals surface area contributed by atoms with E-state index >= 15 is 0 Å². The summed E-state index contributed by atoms with van der Waals surface area (Å²) in [6.45, 7) is 3.21. The fourth-order valence-electron chi connectivity index (χ4n) is 3.33. The number of carbonyl (C=O) groups excluding carboxylic acids is 1.